The standard InChI is InChI=1S/C12H10N2O2S.C12H9NO3.C6H4INO2/c15-14(16)10-3-1-2-9(6-10)12-7-11(13-17-12)8-4-5-8;14-12(10-5-6-10)7-4-9-2-1-3-11(8-9)13(15)16;7-5-2-1-3-6(4-5)8(9)10/h1-3,6-8H,4-5H2;1-3,8,10H,5-6H2;1-4H. The van der Waals surface area contributed by atoms with E-state index in [1.54, 1.807) is 30.3 Å². The Morgan fingerprint density at radius 2 is 1.37 bits per heavy atom. The Kier molecular flexibility index (Phi) is 10.6. The fourth-order valence-corrected chi connectivity index (χ4v) is 4.98. The molecule has 0 saturated heterocycles. The van der Waals surface area contributed by atoms with Crippen molar-refractivity contribution in [2.45, 2.75) is 31.6 Å². The Morgan fingerprint density at radius 3 is 1.93 bits per heavy atom. The lowest BCUT2D eigenvalue weighted by Crippen LogP contribution is -1.94. The molecule has 2 aliphatic carbocycles. The molecule has 2 fully saturated rings. The molecule has 0 radical (unpaired) electrons. The van der Waals surface area contributed by atoms with E-state index < -0.39 is 9.85 Å². The van der Waals surface area contributed by atoms with Crippen LogP contribution in [0.1, 0.15) is 42.9 Å². The van der Waals surface area contributed by atoms with Gasteiger partial charge in [-0.25, -0.2) is 0 Å². The molecule has 0 unspecified atom stereocenters. The van der Waals surface area contributed by atoms with Gasteiger partial charge in [-0.2, -0.15) is 4.37 Å². The van der Waals surface area contributed by atoms with Gasteiger partial charge < -0.3 is 0 Å². The summed E-state index contributed by atoms with van der Waals surface area (Å²) < 4.78 is 5.28. The number of carbonyl (C=O) groups is 1. The number of carbonyl (C=O) groups excluding carboxylic acids is 1. The van der Waals surface area contributed by atoms with Crippen molar-refractivity contribution in [3.8, 4) is 22.3 Å². The average molecular weight is 711 g/mol. The van der Waals surface area contributed by atoms with Crippen LogP contribution in [0.5, 0.6) is 0 Å². The summed E-state index contributed by atoms with van der Waals surface area (Å²) in [6.07, 6.45) is 4.28. The lowest BCUT2D eigenvalue weighted by Gasteiger charge is -1.96. The van der Waals surface area contributed by atoms with E-state index in [2.05, 4.69) is 22.3 Å². The number of ketones is 1. The summed E-state index contributed by atoms with van der Waals surface area (Å²) in [7, 11) is 0. The third-order valence-corrected chi connectivity index (χ3v) is 7.74. The summed E-state index contributed by atoms with van der Waals surface area (Å²) in [5.74, 6) is 5.84. The third-order valence-electron chi connectivity index (χ3n) is 6.22. The van der Waals surface area contributed by atoms with E-state index in [0.29, 0.717) is 11.5 Å². The highest BCUT2D eigenvalue weighted by Gasteiger charge is 2.28. The predicted molar refractivity (Wildman–Crippen MR) is 170 cm³/mol. The highest BCUT2D eigenvalue weighted by atomic mass is 127. The molecule has 1 heterocycles. The number of halogens is 1. The second-order valence-corrected chi connectivity index (χ2v) is 11.7. The maximum atomic E-state index is 11.3. The van der Waals surface area contributed by atoms with Crippen LogP contribution in [-0.4, -0.2) is 24.9 Å². The van der Waals surface area contributed by atoms with Gasteiger partial charge in [0.15, 0.2) is 0 Å². The monoisotopic (exact) mass is 710 g/mol. The van der Waals surface area contributed by atoms with Crippen LogP contribution in [0, 0.1) is 51.7 Å². The van der Waals surface area contributed by atoms with Gasteiger partial charge in [-0.05, 0) is 83.9 Å². The van der Waals surface area contributed by atoms with Gasteiger partial charge >= 0.3 is 0 Å². The molecule has 0 spiro atoms. The summed E-state index contributed by atoms with van der Waals surface area (Å²) in [5, 5.41) is 31.4. The van der Waals surface area contributed by atoms with Crippen LogP contribution < -0.4 is 0 Å². The Labute approximate surface area is 263 Å². The number of benzene rings is 3. The van der Waals surface area contributed by atoms with Gasteiger partial charge in [0, 0.05) is 62.9 Å². The molecular weight excluding hydrogens is 687 g/mol. The summed E-state index contributed by atoms with van der Waals surface area (Å²) in [6, 6.07) is 21.2. The van der Waals surface area contributed by atoms with E-state index in [1.165, 1.54) is 54.7 Å². The van der Waals surface area contributed by atoms with Crippen molar-refractivity contribution < 1.29 is 19.6 Å². The number of rotatable bonds is 6. The van der Waals surface area contributed by atoms with Gasteiger partial charge in [-0.15, -0.1) is 0 Å². The van der Waals surface area contributed by atoms with Crippen LogP contribution in [0.25, 0.3) is 10.4 Å². The summed E-state index contributed by atoms with van der Waals surface area (Å²) >= 11 is 3.45. The Morgan fingerprint density at radius 1 is 0.791 bits per heavy atom. The van der Waals surface area contributed by atoms with Crippen LogP contribution in [0.4, 0.5) is 17.1 Å². The summed E-state index contributed by atoms with van der Waals surface area (Å²) in [4.78, 5) is 42.4. The molecule has 6 rings (SSSR count). The summed E-state index contributed by atoms with van der Waals surface area (Å²) in [5.41, 5.74) is 2.78. The third kappa shape index (κ3) is 9.76. The molecule has 13 heteroatoms. The molecule has 4 aromatic rings. The Balaban J connectivity index is 0.000000153. The Hall–Kier alpha value is -4.55. The maximum absolute atomic E-state index is 11.3. The van der Waals surface area contributed by atoms with Crippen LogP contribution in [0.2, 0.25) is 0 Å². The molecule has 0 aliphatic heterocycles. The van der Waals surface area contributed by atoms with Gasteiger partial charge in [0.1, 0.15) is 0 Å². The predicted octanol–water partition coefficient (Wildman–Crippen LogP) is 7.72. The van der Waals surface area contributed by atoms with Crippen molar-refractivity contribution in [1.82, 2.24) is 4.37 Å². The fraction of sp³-hybridized carbons (Fsp3) is 0.200. The minimum atomic E-state index is -0.478. The van der Waals surface area contributed by atoms with Gasteiger partial charge in [0.2, 0.25) is 5.78 Å². The SMILES string of the molecule is O=C(C#Cc1cccc([N+](=O)[O-])c1)C1CC1.O=[N+]([O-])c1cccc(-c2cc(C3CC3)ns2)c1.O=[N+]([O-])c1cccc(I)c1. The molecule has 2 saturated carbocycles. The first-order valence-electron chi connectivity index (χ1n) is 13.0. The molecule has 0 amide bonds. The van der Waals surface area contributed by atoms with Crippen molar-refractivity contribution in [2.24, 2.45) is 5.92 Å². The molecule has 0 bridgehead atoms. The molecule has 2 aliphatic rings. The Bertz CT molecular complexity index is 1740. The second kappa shape index (κ2) is 14.6. The van der Waals surface area contributed by atoms with E-state index >= 15 is 0 Å². The smallest absolute Gasteiger partial charge is 0.270 e. The topological polar surface area (TPSA) is 159 Å². The van der Waals surface area contributed by atoms with E-state index in [4.69, 9.17) is 0 Å². The van der Waals surface area contributed by atoms with E-state index in [0.717, 1.165) is 32.5 Å². The zero-order valence-electron chi connectivity index (χ0n) is 22.4. The highest BCUT2D eigenvalue weighted by Crippen LogP contribution is 2.42. The first-order valence-corrected chi connectivity index (χ1v) is 14.9. The summed E-state index contributed by atoms with van der Waals surface area (Å²) in [6.45, 7) is 0. The first kappa shape index (κ1) is 31.4. The van der Waals surface area contributed by atoms with Crippen molar-refractivity contribution in [3.63, 3.8) is 0 Å². The number of hydrogen-bond donors (Lipinski definition) is 0. The highest BCUT2D eigenvalue weighted by molar-refractivity contribution is 14.1. The number of Topliss-reactive ketones (excluding diaryl/α,β-unsaturated/α-hetero) is 1. The zero-order valence-corrected chi connectivity index (χ0v) is 25.4. The van der Waals surface area contributed by atoms with Crippen LogP contribution in [0.3, 0.4) is 0 Å². The number of aromatic nitrogens is 1. The zero-order chi connectivity index (χ0) is 30.9. The quantitative estimate of drug-likeness (QED) is 0.0851. The molecule has 1 aromatic heterocycles. The van der Waals surface area contributed by atoms with E-state index in [9.17, 15) is 35.1 Å². The van der Waals surface area contributed by atoms with Gasteiger partial charge in [0.05, 0.1) is 25.3 Å². The molecule has 11 nitrogen and oxygen atoms in total. The number of nitro groups is 3. The number of nitro benzene ring substituents is 3. The number of non-ortho nitro benzene ring substituents is 3. The lowest BCUT2D eigenvalue weighted by molar-refractivity contribution is -0.385. The number of hydrogen-bond acceptors (Lipinski definition) is 9. The van der Waals surface area contributed by atoms with Gasteiger partial charge in [-0.1, -0.05) is 30.2 Å². The first-order chi connectivity index (χ1) is 20.6. The molecule has 0 atom stereocenters. The van der Waals surface area contributed by atoms with Crippen molar-refractivity contribution in [3.05, 3.63) is 124 Å². The second-order valence-electron chi connectivity index (χ2n) is 9.63. The molecular formula is C30H23IN4O7S. The molecule has 0 N–H and O–H groups in total. The van der Waals surface area contributed by atoms with Crippen molar-refractivity contribution in [1.29, 1.82) is 0 Å². The molecule has 43 heavy (non-hydrogen) atoms. The van der Waals surface area contributed by atoms with Gasteiger partial charge in [0.25, 0.3) is 17.1 Å². The van der Waals surface area contributed by atoms with Gasteiger partial charge in [-0.3, -0.25) is 35.1 Å². The van der Waals surface area contributed by atoms with Crippen molar-refractivity contribution >= 4 is 57.0 Å². The normalized spacial score (nSPS) is 13.1. The van der Waals surface area contributed by atoms with Crippen LogP contribution >= 0.6 is 34.1 Å². The minimum absolute atomic E-state index is 0.00864. The van der Waals surface area contributed by atoms with E-state index in [-0.39, 0.29) is 33.7 Å². The minimum Gasteiger partial charge on any atom is -0.285 e. The average Bonchev–Trinajstić information content (AvgIpc) is 3.95. The largest absolute Gasteiger partial charge is 0.285 e. The van der Waals surface area contributed by atoms with E-state index in [1.807, 2.05) is 34.7 Å². The lowest BCUT2D eigenvalue weighted by atomic mass is 10.1. The van der Waals surface area contributed by atoms with Crippen LogP contribution in [-0.2, 0) is 4.79 Å². The maximum Gasteiger partial charge on any atom is 0.270 e. The molecule has 218 valence electrons. The fourth-order valence-electron chi connectivity index (χ4n) is 3.64. The van der Waals surface area contributed by atoms with Crippen LogP contribution in [0.15, 0.2) is 78.9 Å². The number of nitrogens with zero attached hydrogens (tertiary/aromatic N) is 4. The molecule has 3 aromatic carbocycles. The van der Waals surface area contributed by atoms with Crippen molar-refractivity contribution in [2.75, 3.05) is 0 Å².